The number of benzene rings is 2. The van der Waals surface area contributed by atoms with E-state index in [9.17, 15) is 26.3 Å². The van der Waals surface area contributed by atoms with Gasteiger partial charge >= 0.3 is 0 Å². The Morgan fingerprint density at radius 1 is 0.760 bits per heavy atom. The maximum absolute atomic E-state index is 14.4. The summed E-state index contributed by atoms with van der Waals surface area (Å²) in [5, 5.41) is 11.4. The topological polar surface area (TPSA) is 51.9 Å². The molecule has 0 fully saturated rings. The zero-order valence-electron chi connectivity index (χ0n) is 12.1. The Bertz CT molecular complexity index is 1180. The highest BCUT2D eigenvalue weighted by Crippen LogP contribution is 2.26. The zero-order chi connectivity index (χ0) is 19.0. The van der Waals surface area contributed by atoms with Crippen molar-refractivity contribution in [2.75, 3.05) is 0 Å². The van der Waals surface area contributed by atoms with Crippen molar-refractivity contribution < 1.29 is 26.3 Å². The maximum Gasteiger partial charge on any atom is 0.274 e. The lowest BCUT2D eigenvalue weighted by atomic mass is 10.0. The van der Waals surface area contributed by atoms with E-state index in [1.165, 1.54) is 6.07 Å². The molecule has 0 aromatic heterocycles. The second-order valence-corrected chi connectivity index (χ2v) is 4.69. The number of halogens is 6. The molecule has 2 aromatic carbocycles. The van der Waals surface area contributed by atoms with Gasteiger partial charge in [0.05, 0.1) is 39.9 Å². The minimum atomic E-state index is -2.12. The molecule has 3 nitrogen and oxygen atoms in total. The van der Waals surface area contributed by atoms with Crippen molar-refractivity contribution >= 4 is 22.0 Å². The highest BCUT2D eigenvalue weighted by molar-refractivity contribution is 5.87. The summed E-state index contributed by atoms with van der Waals surface area (Å²) in [6.45, 7) is 7.55. The van der Waals surface area contributed by atoms with Crippen molar-refractivity contribution in [1.82, 2.24) is 0 Å². The molecule has 2 aromatic rings. The van der Waals surface area contributed by atoms with Gasteiger partial charge in [-0.2, -0.15) is 5.26 Å². The normalized spacial score (nSPS) is 13.0. The fourth-order valence-electron chi connectivity index (χ4n) is 2.24. The van der Waals surface area contributed by atoms with Crippen LogP contribution >= 0.6 is 0 Å². The van der Waals surface area contributed by atoms with Crippen molar-refractivity contribution in [3.05, 3.63) is 56.8 Å². The second-order valence-electron chi connectivity index (χ2n) is 4.69. The first kappa shape index (κ1) is 17.8. The van der Waals surface area contributed by atoms with Gasteiger partial charge in [-0.3, -0.25) is 0 Å². The van der Waals surface area contributed by atoms with E-state index in [2.05, 4.69) is 4.85 Å². The minimum Gasteiger partial charge on any atom is -0.226 e. The van der Waals surface area contributed by atoms with E-state index in [0.29, 0.717) is 0 Å². The summed E-state index contributed by atoms with van der Waals surface area (Å²) in [6, 6.07) is 2.41. The molecule has 124 valence electrons. The van der Waals surface area contributed by atoms with Crippen molar-refractivity contribution in [2.24, 2.45) is 0 Å². The van der Waals surface area contributed by atoms with Crippen LogP contribution in [0.25, 0.3) is 26.9 Å². The fourth-order valence-corrected chi connectivity index (χ4v) is 2.24. The number of nitrogens with zero attached hydrogens (tertiary/aromatic N) is 3. The Morgan fingerprint density at radius 2 is 1.20 bits per heavy atom. The molecule has 0 aliphatic carbocycles. The Kier molecular flexibility index (Phi) is 4.41. The van der Waals surface area contributed by atoms with Crippen molar-refractivity contribution in [2.45, 2.75) is 6.92 Å². The van der Waals surface area contributed by atoms with Gasteiger partial charge < -0.3 is 0 Å². The quantitative estimate of drug-likeness (QED) is 0.416. The van der Waals surface area contributed by atoms with E-state index in [0.717, 1.165) is 13.0 Å². The molecule has 9 heteroatoms. The molecule has 0 bridgehead atoms. The monoisotopic (exact) mass is 351 g/mol. The lowest BCUT2D eigenvalue weighted by molar-refractivity contribution is 0.471. The summed E-state index contributed by atoms with van der Waals surface area (Å²) in [7, 11) is 0. The molecular weight excluding hydrogens is 348 g/mol. The Morgan fingerprint density at radius 3 is 1.60 bits per heavy atom. The van der Waals surface area contributed by atoms with Crippen molar-refractivity contribution in [3.63, 3.8) is 0 Å². The molecule has 0 aliphatic heterocycles. The third kappa shape index (κ3) is 2.36. The molecule has 0 unspecified atom stereocenters. The Hall–Kier alpha value is -3.51. The molecule has 2 rings (SSSR count). The number of nitriles is 2. The van der Waals surface area contributed by atoms with Gasteiger partial charge in [0.15, 0.2) is 23.3 Å². The summed E-state index contributed by atoms with van der Waals surface area (Å²) >= 11 is 0. The molecule has 0 N–H and O–H groups in total. The molecule has 0 heterocycles. The van der Waals surface area contributed by atoms with Crippen LogP contribution in [0.2, 0.25) is 0 Å². The van der Waals surface area contributed by atoms with Crippen LogP contribution < -0.4 is 10.4 Å². The van der Waals surface area contributed by atoms with Gasteiger partial charge in [0.1, 0.15) is 11.6 Å². The van der Waals surface area contributed by atoms with E-state index >= 15 is 0 Å². The average Bonchev–Trinajstić information content (AvgIpc) is 2.59. The molecule has 0 aliphatic rings. The van der Waals surface area contributed by atoms with E-state index < -0.39 is 67.4 Å². The van der Waals surface area contributed by atoms with E-state index in [1.54, 1.807) is 0 Å². The van der Waals surface area contributed by atoms with E-state index in [1.807, 2.05) is 0 Å². The number of rotatable bonds is 0. The predicted molar refractivity (Wildman–Crippen MR) is 73.3 cm³/mol. The van der Waals surface area contributed by atoms with Gasteiger partial charge in [0.25, 0.3) is 5.70 Å². The van der Waals surface area contributed by atoms with Gasteiger partial charge in [-0.1, -0.05) is 0 Å². The van der Waals surface area contributed by atoms with Crippen molar-refractivity contribution in [3.8, 4) is 12.1 Å². The van der Waals surface area contributed by atoms with Crippen molar-refractivity contribution in [1.29, 1.82) is 10.5 Å². The first-order valence-corrected chi connectivity index (χ1v) is 6.28. The minimum absolute atomic E-state index is 0.689. The highest BCUT2D eigenvalue weighted by Gasteiger charge is 2.27. The summed E-state index contributed by atoms with van der Waals surface area (Å²) < 4.78 is 85.3. The number of hydrogen-bond acceptors (Lipinski definition) is 2. The maximum atomic E-state index is 14.4. The fraction of sp³-hybridized carbons (Fsp3) is 0.0625. The molecule has 0 atom stereocenters. The highest BCUT2D eigenvalue weighted by atomic mass is 19.2. The number of fused-ring (bicyclic) bond motifs is 1. The smallest absolute Gasteiger partial charge is 0.226 e. The molecular formula is C16H3F6N3. The van der Waals surface area contributed by atoms with Crippen LogP contribution in [0.15, 0.2) is 0 Å². The lowest BCUT2D eigenvalue weighted by Gasteiger charge is -2.09. The Labute approximate surface area is 135 Å². The third-order valence-electron chi connectivity index (χ3n) is 3.39. The molecule has 0 spiro atoms. The molecule has 0 amide bonds. The summed E-state index contributed by atoms with van der Waals surface area (Å²) in [5.74, 6) is -12.2. The molecule has 0 saturated carbocycles. The van der Waals surface area contributed by atoms with Crippen LogP contribution in [0.4, 0.5) is 26.3 Å². The first-order chi connectivity index (χ1) is 11.7. The van der Waals surface area contributed by atoms with E-state index in [-0.39, 0.29) is 0 Å². The number of hydrogen-bond donors (Lipinski definition) is 0. The van der Waals surface area contributed by atoms with Gasteiger partial charge in [-0.25, -0.2) is 36.4 Å². The zero-order valence-corrected chi connectivity index (χ0v) is 12.1. The molecule has 0 radical (unpaired) electrons. The standard InChI is InChI=1S/C16H3F6N3/c1-5(3-23)7-11(17)9-10(15(21)13(7)19)12(18)8(6(4-24)25-2)14(20)16(9)22/h1H3/b7-5+,8-6-. The Balaban J connectivity index is 3.45. The molecule has 25 heavy (non-hydrogen) atoms. The van der Waals surface area contributed by atoms with Crippen LogP contribution in [0.5, 0.6) is 0 Å². The lowest BCUT2D eigenvalue weighted by Crippen LogP contribution is -2.25. The van der Waals surface area contributed by atoms with Crippen LogP contribution in [0.3, 0.4) is 0 Å². The van der Waals surface area contributed by atoms with Gasteiger partial charge in [0.2, 0.25) is 0 Å². The van der Waals surface area contributed by atoms with Crippen LogP contribution in [-0.2, 0) is 0 Å². The second kappa shape index (κ2) is 6.18. The largest absolute Gasteiger partial charge is 0.274 e. The van der Waals surface area contributed by atoms with Crippen LogP contribution in [0.1, 0.15) is 6.92 Å². The SMILES string of the molecule is [C-]#[N+]/C(C#N)=c1\c(F)c(F)c2c(F)/c(=C(/C)C#N)c(F)c(F)c2c1F. The van der Waals surface area contributed by atoms with E-state index in [4.69, 9.17) is 17.1 Å². The van der Waals surface area contributed by atoms with Gasteiger partial charge in [-0.05, 0) is 6.92 Å². The summed E-state index contributed by atoms with van der Waals surface area (Å²) in [6.07, 6.45) is 0. The third-order valence-corrected chi connectivity index (χ3v) is 3.39. The van der Waals surface area contributed by atoms with Crippen LogP contribution in [0, 0.1) is 64.1 Å². The van der Waals surface area contributed by atoms with Gasteiger partial charge in [0, 0.05) is 5.57 Å². The first-order valence-electron chi connectivity index (χ1n) is 6.28. The predicted octanol–water partition coefficient (Wildman–Crippen LogP) is 2.92. The van der Waals surface area contributed by atoms with Crippen LogP contribution in [-0.4, -0.2) is 0 Å². The summed E-state index contributed by atoms with van der Waals surface area (Å²) in [5.41, 5.74) is -1.95. The van der Waals surface area contributed by atoms with Gasteiger partial charge in [-0.15, -0.1) is 0 Å². The molecule has 0 saturated heterocycles. The average molecular weight is 351 g/mol. The summed E-state index contributed by atoms with van der Waals surface area (Å²) in [4.78, 5) is 2.48.